The van der Waals surface area contributed by atoms with Gasteiger partial charge in [-0.2, -0.15) is 0 Å². The summed E-state index contributed by atoms with van der Waals surface area (Å²) in [7, 11) is 0. The van der Waals surface area contributed by atoms with Crippen molar-refractivity contribution in [1.29, 1.82) is 0 Å². The third-order valence-corrected chi connectivity index (χ3v) is 3.13. The summed E-state index contributed by atoms with van der Waals surface area (Å²) < 4.78 is 0. The molecule has 1 rings (SSSR count). The highest BCUT2D eigenvalue weighted by molar-refractivity contribution is 4.89. The van der Waals surface area contributed by atoms with Gasteiger partial charge in [-0.25, -0.2) is 0 Å². The Balaban J connectivity index is 2.44. The molecule has 12 heavy (non-hydrogen) atoms. The number of hydrogen-bond acceptors (Lipinski definition) is 1. The van der Waals surface area contributed by atoms with Crippen LogP contribution in [0, 0.1) is 11.8 Å². The molecule has 0 aliphatic heterocycles. The van der Waals surface area contributed by atoms with E-state index in [1.54, 1.807) is 0 Å². The Morgan fingerprint density at radius 1 is 1.50 bits per heavy atom. The molecule has 0 spiro atoms. The van der Waals surface area contributed by atoms with E-state index in [1.807, 2.05) is 6.20 Å². The molecule has 70 valence electrons. The van der Waals surface area contributed by atoms with Crippen LogP contribution in [0.3, 0.4) is 0 Å². The Bertz CT molecular complexity index is 142. The van der Waals surface area contributed by atoms with Gasteiger partial charge < -0.3 is 5.32 Å². The van der Waals surface area contributed by atoms with E-state index in [0.29, 0.717) is 6.04 Å². The predicted octanol–water partition coefficient (Wildman–Crippen LogP) is 2.93. The van der Waals surface area contributed by atoms with Gasteiger partial charge in [0.15, 0.2) is 0 Å². The fourth-order valence-electron chi connectivity index (χ4n) is 2.44. The van der Waals surface area contributed by atoms with Crippen LogP contribution in [-0.2, 0) is 0 Å². The minimum absolute atomic E-state index is 0.706. The second-order valence-corrected chi connectivity index (χ2v) is 3.98. The number of nitrogens with one attached hydrogen (secondary N) is 1. The Kier molecular flexibility index (Phi) is 3.64. The highest BCUT2D eigenvalue weighted by Gasteiger charge is 2.31. The molecule has 1 nitrogen and oxygen atoms in total. The van der Waals surface area contributed by atoms with Gasteiger partial charge in [-0.05, 0) is 37.3 Å². The van der Waals surface area contributed by atoms with E-state index in [9.17, 15) is 0 Å². The van der Waals surface area contributed by atoms with Crippen LogP contribution in [0.2, 0.25) is 0 Å². The lowest BCUT2D eigenvalue weighted by Crippen LogP contribution is -2.29. The first-order valence-corrected chi connectivity index (χ1v) is 5.16. The zero-order valence-corrected chi connectivity index (χ0v) is 8.34. The van der Waals surface area contributed by atoms with Crippen LogP contribution in [0.15, 0.2) is 12.8 Å². The average molecular weight is 167 g/mol. The standard InChI is InChI=1S/C11H21N/c1-4-6-10-9(3)7-8-11(10)12-5-2/h5,9-12H,2,4,6-8H2,1,3H3. The normalized spacial score (nSPS) is 35.0. The van der Waals surface area contributed by atoms with Crippen LogP contribution in [0.5, 0.6) is 0 Å². The third kappa shape index (κ3) is 2.02. The largest absolute Gasteiger partial charge is 0.388 e. The Labute approximate surface area is 76.2 Å². The SMILES string of the molecule is C=CNC1CCC(C)C1CCC. The zero-order valence-electron chi connectivity index (χ0n) is 8.34. The quantitative estimate of drug-likeness (QED) is 0.679. The van der Waals surface area contributed by atoms with Crippen molar-refractivity contribution in [2.24, 2.45) is 11.8 Å². The highest BCUT2D eigenvalue weighted by Crippen LogP contribution is 2.34. The maximum absolute atomic E-state index is 3.73. The van der Waals surface area contributed by atoms with Gasteiger partial charge in [0.2, 0.25) is 0 Å². The van der Waals surface area contributed by atoms with Crippen LogP contribution >= 0.6 is 0 Å². The van der Waals surface area contributed by atoms with Gasteiger partial charge in [0, 0.05) is 6.04 Å². The van der Waals surface area contributed by atoms with E-state index in [-0.39, 0.29) is 0 Å². The monoisotopic (exact) mass is 167 g/mol. The molecule has 1 saturated carbocycles. The van der Waals surface area contributed by atoms with Crippen molar-refractivity contribution in [2.75, 3.05) is 0 Å². The Morgan fingerprint density at radius 3 is 2.83 bits per heavy atom. The van der Waals surface area contributed by atoms with Crippen molar-refractivity contribution < 1.29 is 0 Å². The number of hydrogen-bond donors (Lipinski definition) is 1. The molecule has 1 heteroatoms. The van der Waals surface area contributed by atoms with Crippen LogP contribution in [0.25, 0.3) is 0 Å². The van der Waals surface area contributed by atoms with Gasteiger partial charge >= 0.3 is 0 Å². The maximum Gasteiger partial charge on any atom is 0.0286 e. The Morgan fingerprint density at radius 2 is 2.25 bits per heavy atom. The molecular formula is C11H21N. The molecule has 0 bridgehead atoms. The molecular weight excluding hydrogens is 146 g/mol. The fourth-order valence-corrected chi connectivity index (χ4v) is 2.44. The lowest BCUT2D eigenvalue weighted by molar-refractivity contribution is 0.337. The van der Waals surface area contributed by atoms with Crippen LogP contribution in [0.1, 0.15) is 39.5 Å². The van der Waals surface area contributed by atoms with E-state index >= 15 is 0 Å². The van der Waals surface area contributed by atoms with Crippen molar-refractivity contribution in [3.8, 4) is 0 Å². The summed E-state index contributed by atoms with van der Waals surface area (Å²) in [6.45, 7) is 8.39. The Hall–Kier alpha value is -0.460. The molecule has 0 radical (unpaired) electrons. The van der Waals surface area contributed by atoms with Crippen molar-refractivity contribution in [3.63, 3.8) is 0 Å². The zero-order chi connectivity index (χ0) is 8.97. The molecule has 3 unspecified atom stereocenters. The van der Waals surface area contributed by atoms with Crippen LogP contribution < -0.4 is 5.32 Å². The van der Waals surface area contributed by atoms with Gasteiger partial charge in [0.1, 0.15) is 0 Å². The molecule has 1 N–H and O–H groups in total. The predicted molar refractivity (Wildman–Crippen MR) is 53.9 cm³/mol. The molecule has 0 saturated heterocycles. The van der Waals surface area contributed by atoms with Crippen molar-refractivity contribution in [2.45, 2.75) is 45.6 Å². The molecule has 1 aliphatic rings. The summed E-state index contributed by atoms with van der Waals surface area (Å²) in [4.78, 5) is 0. The van der Waals surface area contributed by atoms with E-state index < -0.39 is 0 Å². The van der Waals surface area contributed by atoms with Gasteiger partial charge in [-0.1, -0.05) is 26.8 Å². The summed E-state index contributed by atoms with van der Waals surface area (Å²) in [5.74, 6) is 1.79. The van der Waals surface area contributed by atoms with Gasteiger partial charge in [-0.15, -0.1) is 0 Å². The van der Waals surface area contributed by atoms with Gasteiger partial charge in [-0.3, -0.25) is 0 Å². The third-order valence-electron chi connectivity index (χ3n) is 3.13. The second kappa shape index (κ2) is 4.54. The minimum atomic E-state index is 0.706. The molecule has 3 atom stereocenters. The fraction of sp³-hybridized carbons (Fsp3) is 0.818. The molecule has 0 amide bonds. The first-order valence-electron chi connectivity index (χ1n) is 5.16. The lowest BCUT2D eigenvalue weighted by Gasteiger charge is -2.22. The van der Waals surface area contributed by atoms with E-state index in [1.165, 1.54) is 25.7 Å². The lowest BCUT2D eigenvalue weighted by atomic mass is 9.91. The van der Waals surface area contributed by atoms with Gasteiger partial charge in [0.05, 0.1) is 0 Å². The summed E-state index contributed by atoms with van der Waals surface area (Å²) in [5, 5.41) is 3.37. The highest BCUT2D eigenvalue weighted by atomic mass is 14.9. The van der Waals surface area contributed by atoms with E-state index in [4.69, 9.17) is 0 Å². The molecule has 1 aliphatic carbocycles. The van der Waals surface area contributed by atoms with Crippen molar-refractivity contribution in [3.05, 3.63) is 12.8 Å². The average Bonchev–Trinajstić information content (AvgIpc) is 2.37. The first-order chi connectivity index (χ1) is 5.79. The summed E-state index contributed by atoms with van der Waals surface area (Å²) in [6, 6.07) is 0.706. The molecule has 0 aromatic carbocycles. The molecule has 0 aromatic heterocycles. The first kappa shape index (κ1) is 9.63. The van der Waals surface area contributed by atoms with Gasteiger partial charge in [0.25, 0.3) is 0 Å². The van der Waals surface area contributed by atoms with Crippen molar-refractivity contribution in [1.82, 2.24) is 5.32 Å². The molecule has 1 fully saturated rings. The van der Waals surface area contributed by atoms with Crippen molar-refractivity contribution >= 4 is 0 Å². The van der Waals surface area contributed by atoms with E-state index in [2.05, 4.69) is 25.7 Å². The smallest absolute Gasteiger partial charge is 0.0286 e. The van der Waals surface area contributed by atoms with Crippen LogP contribution in [0.4, 0.5) is 0 Å². The summed E-state index contributed by atoms with van der Waals surface area (Å²) >= 11 is 0. The molecule has 0 heterocycles. The topological polar surface area (TPSA) is 12.0 Å². The minimum Gasteiger partial charge on any atom is -0.388 e. The second-order valence-electron chi connectivity index (χ2n) is 3.98. The summed E-state index contributed by atoms with van der Waals surface area (Å²) in [5.41, 5.74) is 0. The number of rotatable bonds is 4. The maximum atomic E-state index is 3.73. The van der Waals surface area contributed by atoms with E-state index in [0.717, 1.165) is 11.8 Å². The summed E-state index contributed by atoms with van der Waals surface area (Å²) in [6.07, 6.45) is 7.25. The molecule has 0 aromatic rings. The van der Waals surface area contributed by atoms with Crippen LogP contribution in [-0.4, -0.2) is 6.04 Å².